The van der Waals surface area contributed by atoms with E-state index >= 15 is 0 Å². The summed E-state index contributed by atoms with van der Waals surface area (Å²) < 4.78 is 11.1. The van der Waals surface area contributed by atoms with E-state index in [0.29, 0.717) is 5.02 Å². The van der Waals surface area contributed by atoms with E-state index in [9.17, 15) is 0 Å². The van der Waals surface area contributed by atoms with Gasteiger partial charge in [0.15, 0.2) is 6.79 Å². The van der Waals surface area contributed by atoms with Gasteiger partial charge in [-0.3, -0.25) is 0 Å². The van der Waals surface area contributed by atoms with Crippen LogP contribution in [0.3, 0.4) is 0 Å². The first kappa shape index (κ1) is 11.1. The van der Waals surface area contributed by atoms with Crippen molar-refractivity contribution in [2.75, 3.05) is 13.9 Å². The Hall–Kier alpha value is -0.0000000000000000555. The van der Waals surface area contributed by atoms with Crippen molar-refractivity contribution < 1.29 is 9.47 Å². The molecule has 0 aliphatic rings. The lowest BCUT2D eigenvalue weighted by atomic mass is 10.2. The highest BCUT2D eigenvalue weighted by Gasteiger charge is 2.04. The third-order valence-corrected chi connectivity index (χ3v) is 3.07. The molecule has 0 radical (unpaired) electrons. The first-order chi connectivity index (χ1) is 6.15. The minimum Gasteiger partial charge on any atom is -0.467 e. The van der Waals surface area contributed by atoms with Gasteiger partial charge in [-0.2, -0.15) is 0 Å². The molecule has 0 unspecified atom stereocenters. The Bertz CT molecular complexity index is 302. The van der Waals surface area contributed by atoms with Crippen LogP contribution in [0.2, 0.25) is 5.02 Å². The number of aryl methyl sites for hydroxylation is 1. The van der Waals surface area contributed by atoms with Crippen molar-refractivity contribution in [2.24, 2.45) is 0 Å². The largest absolute Gasteiger partial charge is 0.467 e. The third kappa shape index (κ3) is 3.00. The predicted octanol–water partition coefficient (Wildman–Crippen LogP) is 3.24. The first-order valence-corrected chi connectivity index (χ1v) is 5.18. The lowest BCUT2D eigenvalue weighted by molar-refractivity contribution is 0.0506. The van der Waals surface area contributed by atoms with Gasteiger partial charge in [-0.1, -0.05) is 11.6 Å². The van der Waals surface area contributed by atoms with E-state index in [1.807, 2.05) is 13.0 Å². The highest BCUT2D eigenvalue weighted by molar-refractivity contribution is 14.1. The van der Waals surface area contributed by atoms with Crippen molar-refractivity contribution in [3.63, 3.8) is 0 Å². The van der Waals surface area contributed by atoms with E-state index in [-0.39, 0.29) is 6.79 Å². The van der Waals surface area contributed by atoms with Crippen molar-refractivity contribution in [1.82, 2.24) is 0 Å². The molecule has 0 bridgehead atoms. The maximum atomic E-state index is 5.94. The summed E-state index contributed by atoms with van der Waals surface area (Å²) in [6.45, 7) is 2.22. The highest BCUT2D eigenvalue weighted by Crippen LogP contribution is 2.27. The standard InChI is InChI=1S/C9H10ClIO2/c1-6-3-8(11)7(10)4-9(6)13-5-12-2/h3-4H,5H2,1-2H3. The molecule has 72 valence electrons. The summed E-state index contributed by atoms with van der Waals surface area (Å²) in [5.74, 6) is 0.771. The van der Waals surface area contributed by atoms with Gasteiger partial charge < -0.3 is 9.47 Å². The summed E-state index contributed by atoms with van der Waals surface area (Å²) in [4.78, 5) is 0. The molecule has 0 aliphatic carbocycles. The van der Waals surface area contributed by atoms with Gasteiger partial charge >= 0.3 is 0 Å². The summed E-state index contributed by atoms with van der Waals surface area (Å²) >= 11 is 8.12. The zero-order valence-electron chi connectivity index (χ0n) is 7.43. The molecule has 0 atom stereocenters. The lowest BCUT2D eigenvalue weighted by Crippen LogP contribution is -2.00. The van der Waals surface area contributed by atoms with Crippen molar-refractivity contribution in [1.29, 1.82) is 0 Å². The molecule has 0 saturated carbocycles. The van der Waals surface area contributed by atoms with Crippen molar-refractivity contribution in [3.05, 3.63) is 26.3 Å². The second-order valence-electron chi connectivity index (χ2n) is 2.58. The second-order valence-corrected chi connectivity index (χ2v) is 4.15. The van der Waals surface area contributed by atoms with Crippen LogP contribution in [0.1, 0.15) is 5.56 Å². The van der Waals surface area contributed by atoms with Crippen LogP contribution in [-0.2, 0) is 4.74 Å². The molecular formula is C9H10ClIO2. The Balaban J connectivity index is 2.88. The number of benzene rings is 1. The molecule has 0 saturated heterocycles. The molecule has 0 aliphatic heterocycles. The molecule has 2 nitrogen and oxygen atoms in total. The van der Waals surface area contributed by atoms with Gasteiger partial charge in [0.25, 0.3) is 0 Å². The average Bonchev–Trinajstić information content (AvgIpc) is 2.09. The first-order valence-electron chi connectivity index (χ1n) is 3.72. The normalized spacial score (nSPS) is 10.2. The van der Waals surface area contributed by atoms with Crippen molar-refractivity contribution in [3.8, 4) is 5.75 Å². The Kier molecular flexibility index (Phi) is 4.28. The highest BCUT2D eigenvalue weighted by atomic mass is 127. The zero-order chi connectivity index (χ0) is 9.84. The van der Waals surface area contributed by atoms with Gasteiger partial charge in [0, 0.05) is 16.7 Å². The molecular weight excluding hydrogens is 302 g/mol. The Morgan fingerprint density at radius 2 is 2.15 bits per heavy atom. The summed E-state index contributed by atoms with van der Waals surface area (Å²) in [7, 11) is 1.59. The molecule has 1 rings (SSSR count). The molecule has 0 aromatic heterocycles. The number of hydrogen-bond donors (Lipinski definition) is 0. The minimum atomic E-state index is 0.248. The van der Waals surface area contributed by atoms with Crippen LogP contribution in [0.4, 0.5) is 0 Å². The monoisotopic (exact) mass is 312 g/mol. The maximum Gasteiger partial charge on any atom is 0.188 e. The molecule has 0 spiro atoms. The topological polar surface area (TPSA) is 18.5 Å². The number of halogens is 2. The van der Waals surface area contributed by atoms with Gasteiger partial charge in [-0.15, -0.1) is 0 Å². The van der Waals surface area contributed by atoms with Crippen LogP contribution in [0.5, 0.6) is 5.75 Å². The van der Waals surface area contributed by atoms with Crippen LogP contribution < -0.4 is 4.74 Å². The molecule has 0 amide bonds. The summed E-state index contributed by atoms with van der Waals surface area (Å²) in [6, 6.07) is 3.78. The van der Waals surface area contributed by atoms with Crippen molar-refractivity contribution in [2.45, 2.75) is 6.92 Å². The lowest BCUT2D eigenvalue weighted by Gasteiger charge is -2.08. The van der Waals surface area contributed by atoms with Crippen LogP contribution in [0.15, 0.2) is 12.1 Å². The van der Waals surface area contributed by atoms with Crippen LogP contribution in [-0.4, -0.2) is 13.9 Å². The van der Waals surface area contributed by atoms with E-state index in [0.717, 1.165) is 14.9 Å². The van der Waals surface area contributed by atoms with Gasteiger partial charge in [0.1, 0.15) is 5.75 Å². The number of methoxy groups -OCH3 is 1. The van der Waals surface area contributed by atoms with E-state index < -0.39 is 0 Å². The fraction of sp³-hybridized carbons (Fsp3) is 0.333. The van der Waals surface area contributed by atoms with E-state index in [1.165, 1.54) is 0 Å². The number of hydrogen-bond acceptors (Lipinski definition) is 2. The fourth-order valence-corrected chi connectivity index (χ4v) is 1.68. The zero-order valence-corrected chi connectivity index (χ0v) is 10.3. The Morgan fingerprint density at radius 3 is 2.77 bits per heavy atom. The average molecular weight is 313 g/mol. The summed E-state index contributed by atoms with van der Waals surface area (Å²) in [5, 5.41) is 0.706. The second kappa shape index (κ2) is 5.02. The molecule has 1 aromatic carbocycles. The Labute approximate surface area is 96.3 Å². The van der Waals surface area contributed by atoms with Gasteiger partial charge in [0.05, 0.1) is 5.02 Å². The molecule has 1 aromatic rings. The van der Waals surface area contributed by atoms with E-state index in [1.54, 1.807) is 13.2 Å². The summed E-state index contributed by atoms with van der Waals surface area (Å²) in [5.41, 5.74) is 1.06. The van der Waals surface area contributed by atoms with Gasteiger partial charge in [-0.05, 0) is 41.1 Å². The third-order valence-electron chi connectivity index (χ3n) is 1.55. The van der Waals surface area contributed by atoms with E-state index in [4.69, 9.17) is 21.1 Å². The fourth-order valence-electron chi connectivity index (χ4n) is 0.906. The molecule has 0 N–H and O–H groups in total. The van der Waals surface area contributed by atoms with Crippen LogP contribution in [0, 0.1) is 10.5 Å². The predicted molar refractivity (Wildman–Crippen MR) is 61.4 cm³/mol. The summed E-state index contributed by atoms with van der Waals surface area (Å²) in [6.07, 6.45) is 0. The van der Waals surface area contributed by atoms with Gasteiger partial charge in [-0.25, -0.2) is 0 Å². The smallest absolute Gasteiger partial charge is 0.188 e. The van der Waals surface area contributed by atoms with Crippen molar-refractivity contribution >= 4 is 34.2 Å². The maximum absolute atomic E-state index is 5.94. The van der Waals surface area contributed by atoms with Crippen LogP contribution >= 0.6 is 34.2 Å². The van der Waals surface area contributed by atoms with Gasteiger partial charge in [0.2, 0.25) is 0 Å². The van der Waals surface area contributed by atoms with E-state index in [2.05, 4.69) is 22.6 Å². The molecule has 4 heteroatoms. The molecule has 0 fully saturated rings. The number of rotatable bonds is 3. The number of ether oxygens (including phenoxy) is 2. The quantitative estimate of drug-likeness (QED) is 0.630. The molecule has 0 heterocycles. The van der Waals surface area contributed by atoms with Crippen LogP contribution in [0.25, 0.3) is 0 Å². The molecule has 13 heavy (non-hydrogen) atoms. The Morgan fingerprint density at radius 1 is 1.46 bits per heavy atom. The minimum absolute atomic E-state index is 0.248. The SMILES string of the molecule is COCOc1cc(Cl)c(I)cc1C.